The summed E-state index contributed by atoms with van der Waals surface area (Å²) in [4.78, 5) is 23.6. The molecule has 0 heterocycles. The average Bonchev–Trinajstić information content (AvgIpc) is 2.67. The minimum absolute atomic E-state index is 0.0828. The summed E-state index contributed by atoms with van der Waals surface area (Å²) in [6, 6.07) is 13.7. The Morgan fingerprint density at radius 1 is 1.00 bits per heavy atom. The molecule has 9 heteroatoms. The van der Waals surface area contributed by atoms with Crippen molar-refractivity contribution in [3.05, 3.63) is 90.9 Å². The van der Waals surface area contributed by atoms with Crippen LogP contribution in [0.3, 0.4) is 0 Å². The molecule has 0 spiro atoms. The number of para-hydroxylation sites is 2. The zero-order valence-electron chi connectivity index (χ0n) is 14.9. The van der Waals surface area contributed by atoms with Crippen LogP contribution in [0.5, 0.6) is 5.75 Å². The molecule has 3 aromatic rings. The van der Waals surface area contributed by atoms with Crippen LogP contribution in [0, 0.1) is 10.1 Å². The smallest absolute Gasteiger partial charge is 0.292 e. The molecule has 0 atom stereocenters. The average molecular weight is 452 g/mol. The number of nitro benzene ring substituents is 1. The third-order valence-electron chi connectivity index (χ3n) is 4.07. The van der Waals surface area contributed by atoms with E-state index in [0.717, 1.165) is 0 Å². The number of benzene rings is 3. The van der Waals surface area contributed by atoms with E-state index >= 15 is 0 Å². The lowest BCUT2D eigenvalue weighted by Crippen LogP contribution is -2.05. The van der Waals surface area contributed by atoms with Crippen LogP contribution >= 0.6 is 34.8 Å². The molecule has 0 saturated heterocycles. The Kier molecular flexibility index (Phi) is 6.27. The molecule has 0 amide bonds. The van der Waals surface area contributed by atoms with Crippen molar-refractivity contribution in [3.63, 3.8) is 0 Å². The van der Waals surface area contributed by atoms with Gasteiger partial charge in [-0.1, -0.05) is 46.9 Å². The molecule has 0 radical (unpaired) electrons. The fourth-order valence-corrected chi connectivity index (χ4v) is 3.60. The maximum atomic E-state index is 12.9. The molecule has 0 bridgehead atoms. The third kappa shape index (κ3) is 4.45. The summed E-state index contributed by atoms with van der Waals surface area (Å²) in [5.41, 5.74) is 0.992. The number of hydrogen-bond donors (Lipinski definition) is 1. The number of ketones is 1. The van der Waals surface area contributed by atoms with E-state index in [4.69, 9.17) is 39.5 Å². The number of ether oxygens (including phenoxy) is 1. The Balaban J connectivity index is 1.93. The highest BCUT2D eigenvalue weighted by atomic mass is 35.5. The van der Waals surface area contributed by atoms with Gasteiger partial charge in [0.05, 0.1) is 32.7 Å². The third-order valence-corrected chi connectivity index (χ3v) is 4.98. The van der Waals surface area contributed by atoms with E-state index in [1.54, 1.807) is 24.3 Å². The normalized spacial score (nSPS) is 10.5. The van der Waals surface area contributed by atoms with Crippen molar-refractivity contribution in [3.8, 4) is 5.75 Å². The van der Waals surface area contributed by atoms with Crippen LogP contribution < -0.4 is 10.1 Å². The maximum absolute atomic E-state index is 12.9. The van der Waals surface area contributed by atoms with E-state index in [-0.39, 0.29) is 31.9 Å². The Morgan fingerprint density at radius 3 is 2.24 bits per heavy atom. The highest BCUT2D eigenvalue weighted by molar-refractivity contribution is 6.43. The van der Waals surface area contributed by atoms with Gasteiger partial charge >= 0.3 is 0 Å². The van der Waals surface area contributed by atoms with Gasteiger partial charge in [0.25, 0.3) is 5.69 Å². The summed E-state index contributed by atoms with van der Waals surface area (Å²) >= 11 is 18.7. The Morgan fingerprint density at radius 2 is 1.66 bits per heavy atom. The molecule has 0 aliphatic rings. The summed E-state index contributed by atoms with van der Waals surface area (Å²) in [7, 11) is 1.46. The Bertz CT molecular complexity index is 1100. The number of hydrogen-bond acceptors (Lipinski definition) is 5. The van der Waals surface area contributed by atoms with Gasteiger partial charge < -0.3 is 10.1 Å². The van der Waals surface area contributed by atoms with Gasteiger partial charge in [0.2, 0.25) is 0 Å². The van der Waals surface area contributed by atoms with E-state index in [0.29, 0.717) is 17.1 Å². The van der Waals surface area contributed by atoms with Gasteiger partial charge in [-0.25, -0.2) is 0 Å². The maximum Gasteiger partial charge on any atom is 0.292 e. The summed E-state index contributed by atoms with van der Waals surface area (Å²) in [5.74, 6) is -0.0310. The molecule has 0 aliphatic carbocycles. The van der Waals surface area contributed by atoms with Crippen molar-refractivity contribution in [1.82, 2.24) is 0 Å². The van der Waals surface area contributed by atoms with Crippen LogP contribution in [-0.2, 0) is 0 Å². The van der Waals surface area contributed by atoms with Crippen LogP contribution in [0.1, 0.15) is 15.9 Å². The van der Waals surface area contributed by atoms with Gasteiger partial charge in [0, 0.05) is 17.3 Å². The minimum atomic E-state index is -0.491. The summed E-state index contributed by atoms with van der Waals surface area (Å²) in [6.45, 7) is 0. The first-order chi connectivity index (χ1) is 13.8. The number of methoxy groups -OCH3 is 1. The van der Waals surface area contributed by atoms with E-state index in [1.807, 2.05) is 0 Å². The van der Waals surface area contributed by atoms with E-state index in [9.17, 15) is 14.9 Å². The topological polar surface area (TPSA) is 81.5 Å². The zero-order chi connectivity index (χ0) is 21.1. The monoisotopic (exact) mass is 450 g/mol. The van der Waals surface area contributed by atoms with Crippen molar-refractivity contribution in [1.29, 1.82) is 0 Å². The lowest BCUT2D eigenvalue weighted by Gasteiger charge is -2.12. The van der Waals surface area contributed by atoms with Crippen LogP contribution in [0.2, 0.25) is 15.1 Å². The van der Waals surface area contributed by atoms with Gasteiger partial charge in [0.1, 0.15) is 11.4 Å². The molecule has 1 N–H and O–H groups in total. The van der Waals surface area contributed by atoms with E-state index in [2.05, 4.69) is 5.32 Å². The van der Waals surface area contributed by atoms with Crippen LogP contribution in [0.15, 0.2) is 54.6 Å². The second kappa shape index (κ2) is 8.69. The number of carbonyl (C=O) groups is 1. The van der Waals surface area contributed by atoms with Crippen molar-refractivity contribution in [2.75, 3.05) is 12.4 Å². The molecule has 0 fully saturated rings. The number of anilines is 2. The lowest BCUT2D eigenvalue weighted by molar-refractivity contribution is -0.383. The predicted octanol–water partition coefficient (Wildman–Crippen LogP) is 6.54. The summed E-state index contributed by atoms with van der Waals surface area (Å²) in [5, 5.41) is 14.5. The van der Waals surface area contributed by atoms with Crippen molar-refractivity contribution < 1.29 is 14.5 Å². The molecule has 0 aliphatic heterocycles. The molecule has 6 nitrogen and oxygen atoms in total. The molecule has 148 valence electrons. The van der Waals surface area contributed by atoms with E-state index in [1.165, 1.54) is 37.4 Å². The standard InChI is InChI=1S/C20H13Cl3N2O4/c1-29-12-9-15(22)19(16(23)10-12)20(26)13-7-6-11(8-14(13)21)24-17-4-2-3-5-18(17)25(27)28/h2-10,24H,1H3. The van der Waals surface area contributed by atoms with Crippen LogP contribution in [0.25, 0.3) is 0 Å². The lowest BCUT2D eigenvalue weighted by atomic mass is 10.0. The molecule has 0 unspecified atom stereocenters. The first-order valence-corrected chi connectivity index (χ1v) is 9.33. The highest BCUT2D eigenvalue weighted by Gasteiger charge is 2.21. The quantitative estimate of drug-likeness (QED) is 0.261. The predicted molar refractivity (Wildman–Crippen MR) is 114 cm³/mol. The van der Waals surface area contributed by atoms with E-state index < -0.39 is 10.7 Å². The zero-order valence-corrected chi connectivity index (χ0v) is 17.2. The van der Waals surface area contributed by atoms with Gasteiger partial charge in [-0.15, -0.1) is 0 Å². The minimum Gasteiger partial charge on any atom is -0.497 e. The number of nitrogens with one attached hydrogen (secondary N) is 1. The fourth-order valence-electron chi connectivity index (χ4n) is 2.69. The molecular formula is C20H13Cl3N2O4. The largest absolute Gasteiger partial charge is 0.497 e. The SMILES string of the molecule is COc1cc(Cl)c(C(=O)c2ccc(Nc3ccccc3[N+](=O)[O-])cc2Cl)c(Cl)c1. The molecule has 0 aromatic heterocycles. The van der Waals surface area contributed by atoms with Crippen LogP contribution in [-0.4, -0.2) is 17.8 Å². The molecule has 0 saturated carbocycles. The first kappa shape index (κ1) is 20.9. The number of nitrogens with zero attached hydrogens (tertiary/aromatic N) is 1. The fraction of sp³-hybridized carbons (Fsp3) is 0.0500. The molecular weight excluding hydrogens is 439 g/mol. The number of halogens is 3. The molecule has 29 heavy (non-hydrogen) atoms. The number of nitro groups is 1. The molecule has 3 aromatic carbocycles. The first-order valence-electron chi connectivity index (χ1n) is 8.19. The van der Waals surface area contributed by atoms with Crippen LogP contribution in [0.4, 0.5) is 17.1 Å². The van der Waals surface area contributed by atoms with Gasteiger partial charge in [-0.3, -0.25) is 14.9 Å². The summed E-state index contributed by atoms with van der Waals surface area (Å²) in [6.07, 6.45) is 0. The second-order valence-corrected chi connectivity index (χ2v) is 7.11. The van der Waals surface area contributed by atoms with Crippen molar-refractivity contribution >= 4 is 57.6 Å². The Hall–Kier alpha value is -2.80. The van der Waals surface area contributed by atoms with Gasteiger partial charge in [0.15, 0.2) is 5.78 Å². The summed E-state index contributed by atoms with van der Waals surface area (Å²) < 4.78 is 5.08. The number of carbonyl (C=O) groups excluding carboxylic acids is 1. The van der Waals surface area contributed by atoms with Crippen molar-refractivity contribution in [2.24, 2.45) is 0 Å². The number of rotatable bonds is 6. The van der Waals surface area contributed by atoms with Crippen molar-refractivity contribution in [2.45, 2.75) is 0 Å². The van der Waals surface area contributed by atoms with Gasteiger partial charge in [-0.2, -0.15) is 0 Å². The second-order valence-electron chi connectivity index (χ2n) is 5.89. The van der Waals surface area contributed by atoms with Gasteiger partial charge in [-0.05, 0) is 36.4 Å². The Labute approximate surface area is 181 Å². The highest BCUT2D eigenvalue weighted by Crippen LogP contribution is 2.35. The molecule has 3 rings (SSSR count).